The number of nitrogens with zero attached hydrogens (tertiary/aromatic N) is 3. The van der Waals surface area contributed by atoms with Crippen molar-refractivity contribution in [1.82, 2.24) is 15.2 Å². The van der Waals surface area contributed by atoms with E-state index in [1.807, 2.05) is 19.9 Å². The van der Waals surface area contributed by atoms with Crippen molar-refractivity contribution < 1.29 is 14.7 Å². The minimum atomic E-state index is -1.01. The molecule has 0 atom stereocenters. The van der Waals surface area contributed by atoms with Crippen molar-refractivity contribution in [3.63, 3.8) is 0 Å². The third kappa shape index (κ3) is 4.72. The first-order chi connectivity index (χ1) is 9.86. The van der Waals surface area contributed by atoms with Crippen molar-refractivity contribution in [2.75, 3.05) is 6.54 Å². The van der Waals surface area contributed by atoms with E-state index in [2.05, 4.69) is 10.3 Å². The van der Waals surface area contributed by atoms with Crippen LogP contribution in [0.3, 0.4) is 0 Å². The van der Waals surface area contributed by atoms with Gasteiger partial charge in [0.15, 0.2) is 0 Å². The first-order valence-electron chi connectivity index (χ1n) is 6.47. The summed E-state index contributed by atoms with van der Waals surface area (Å²) in [6, 6.07) is 1.70. The van der Waals surface area contributed by atoms with Gasteiger partial charge in [-0.2, -0.15) is 5.26 Å². The molecule has 8 heteroatoms. The van der Waals surface area contributed by atoms with E-state index in [4.69, 9.17) is 10.4 Å². The molecule has 0 unspecified atom stereocenters. The van der Waals surface area contributed by atoms with Gasteiger partial charge in [-0.1, -0.05) is 0 Å². The molecule has 21 heavy (non-hydrogen) atoms. The minimum Gasteiger partial charge on any atom is -0.477 e. The third-order valence-corrected chi connectivity index (χ3v) is 3.92. The summed E-state index contributed by atoms with van der Waals surface area (Å²) < 4.78 is 0. The summed E-state index contributed by atoms with van der Waals surface area (Å²) in [5.41, 5.74) is 0.446. The lowest BCUT2D eigenvalue weighted by Gasteiger charge is -2.25. The van der Waals surface area contributed by atoms with Gasteiger partial charge in [0.1, 0.15) is 9.88 Å². The fourth-order valence-electron chi connectivity index (χ4n) is 1.74. The van der Waals surface area contributed by atoms with E-state index >= 15 is 0 Å². The van der Waals surface area contributed by atoms with E-state index in [1.54, 1.807) is 11.8 Å². The summed E-state index contributed by atoms with van der Waals surface area (Å²) in [6.07, 6.45) is 0.269. The lowest BCUT2D eigenvalue weighted by atomic mass is 10.3. The normalized spacial score (nSPS) is 10.2. The topological polar surface area (TPSA) is 106 Å². The number of hydrogen-bond donors (Lipinski definition) is 2. The smallest absolute Gasteiger partial charge is 0.347 e. The van der Waals surface area contributed by atoms with E-state index in [0.717, 1.165) is 11.3 Å². The second kappa shape index (κ2) is 7.59. The first kappa shape index (κ1) is 16.9. The van der Waals surface area contributed by atoms with Crippen LogP contribution in [0.5, 0.6) is 0 Å². The van der Waals surface area contributed by atoms with Crippen molar-refractivity contribution in [3.8, 4) is 6.07 Å². The van der Waals surface area contributed by atoms with Crippen molar-refractivity contribution in [2.24, 2.45) is 0 Å². The van der Waals surface area contributed by atoms with Gasteiger partial charge in [0.25, 0.3) is 0 Å². The number of hydrogen-bond acceptors (Lipinski definition) is 5. The Hall–Kier alpha value is -2.14. The van der Waals surface area contributed by atoms with Gasteiger partial charge >= 0.3 is 12.0 Å². The van der Waals surface area contributed by atoms with Crippen LogP contribution in [0.1, 0.15) is 40.6 Å². The Kier molecular flexibility index (Phi) is 6.11. The number of carboxylic acid groups (broad SMARTS) is 1. The largest absolute Gasteiger partial charge is 0.477 e. The van der Waals surface area contributed by atoms with Gasteiger partial charge in [-0.25, -0.2) is 14.6 Å². The van der Waals surface area contributed by atoms with Crippen LogP contribution in [0, 0.1) is 18.3 Å². The Bertz CT molecular complexity index is 562. The third-order valence-electron chi connectivity index (χ3n) is 2.77. The number of aryl methyl sites for hydroxylation is 1. The molecule has 0 aromatic carbocycles. The van der Waals surface area contributed by atoms with Crippen LogP contribution in [0.25, 0.3) is 0 Å². The Balaban J connectivity index is 2.65. The number of aromatic carboxylic acids is 1. The molecule has 0 saturated heterocycles. The Morgan fingerprint density at radius 2 is 2.19 bits per heavy atom. The van der Waals surface area contributed by atoms with Crippen molar-refractivity contribution in [1.29, 1.82) is 5.26 Å². The quantitative estimate of drug-likeness (QED) is 0.835. The molecule has 0 aliphatic heterocycles. The van der Waals surface area contributed by atoms with Crippen LogP contribution >= 0.6 is 11.3 Å². The van der Waals surface area contributed by atoms with Crippen LogP contribution in [-0.4, -0.2) is 39.6 Å². The number of carboxylic acids is 1. The van der Waals surface area contributed by atoms with Crippen molar-refractivity contribution >= 4 is 23.3 Å². The molecule has 0 aliphatic carbocycles. The van der Waals surface area contributed by atoms with Gasteiger partial charge < -0.3 is 15.3 Å². The number of nitrogens with one attached hydrogen (secondary N) is 1. The molecule has 114 valence electrons. The van der Waals surface area contributed by atoms with Gasteiger partial charge in [0.05, 0.1) is 24.7 Å². The number of carbonyl (C=O) groups is 2. The van der Waals surface area contributed by atoms with E-state index in [-0.39, 0.29) is 29.9 Å². The number of urea groups is 1. The first-order valence-corrected chi connectivity index (χ1v) is 7.29. The van der Waals surface area contributed by atoms with Crippen molar-refractivity contribution in [3.05, 3.63) is 15.6 Å². The van der Waals surface area contributed by atoms with E-state index in [1.165, 1.54) is 0 Å². The standard InChI is InChI=1S/C13H18N4O3S/c1-8(2)17(6-4-5-14)13(20)15-7-10-16-9(3)11(21-10)12(18)19/h8H,4,6-7H2,1-3H3,(H,15,20)(H,18,19). The summed E-state index contributed by atoms with van der Waals surface area (Å²) in [7, 11) is 0. The Morgan fingerprint density at radius 1 is 1.52 bits per heavy atom. The summed E-state index contributed by atoms with van der Waals surface area (Å²) in [6.45, 7) is 5.89. The predicted octanol–water partition coefficient (Wildman–Crippen LogP) is 1.98. The van der Waals surface area contributed by atoms with E-state index in [0.29, 0.717) is 17.2 Å². The summed E-state index contributed by atoms with van der Waals surface area (Å²) in [5.74, 6) is -1.01. The molecular weight excluding hydrogens is 292 g/mol. The number of amides is 2. The van der Waals surface area contributed by atoms with Crippen molar-refractivity contribution in [2.45, 2.75) is 39.8 Å². The molecule has 0 saturated carbocycles. The highest BCUT2D eigenvalue weighted by Gasteiger charge is 2.18. The molecule has 1 rings (SSSR count). The average molecular weight is 310 g/mol. The molecule has 2 amide bonds. The van der Waals surface area contributed by atoms with Gasteiger partial charge in [-0.05, 0) is 20.8 Å². The zero-order valence-corrected chi connectivity index (χ0v) is 13.0. The number of carbonyl (C=O) groups excluding carboxylic acids is 1. The molecule has 0 spiro atoms. The molecule has 0 radical (unpaired) electrons. The second-order valence-corrected chi connectivity index (χ2v) is 5.76. The average Bonchev–Trinajstić information content (AvgIpc) is 2.78. The van der Waals surface area contributed by atoms with Gasteiger partial charge in [0, 0.05) is 12.6 Å². The summed E-state index contributed by atoms with van der Waals surface area (Å²) >= 11 is 1.05. The number of aromatic nitrogens is 1. The number of rotatable bonds is 6. The Morgan fingerprint density at radius 3 is 2.67 bits per heavy atom. The summed E-state index contributed by atoms with van der Waals surface area (Å²) in [4.78, 5) is 28.9. The highest BCUT2D eigenvalue weighted by Crippen LogP contribution is 2.17. The second-order valence-electron chi connectivity index (χ2n) is 4.68. The highest BCUT2D eigenvalue weighted by atomic mass is 32.1. The summed E-state index contributed by atoms with van der Waals surface area (Å²) in [5, 5.41) is 20.8. The maximum atomic E-state index is 12.1. The van der Waals surface area contributed by atoms with Gasteiger partial charge in [0.2, 0.25) is 0 Å². The van der Waals surface area contributed by atoms with E-state index in [9.17, 15) is 9.59 Å². The molecule has 1 aromatic rings. The van der Waals surface area contributed by atoms with Crippen LogP contribution in [0.2, 0.25) is 0 Å². The highest BCUT2D eigenvalue weighted by molar-refractivity contribution is 7.13. The molecule has 0 fully saturated rings. The van der Waals surface area contributed by atoms with Crippen LogP contribution in [0.15, 0.2) is 0 Å². The molecule has 2 N–H and O–H groups in total. The molecule has 0 bridgehead atoms. The molecule has 1 heterocycles. The molecule has 7 nitrogen and oxygen atoms in total. The fraction of sp³-hybridized carbons (Fsp3) is 0.538. The van der Waals surface area contributed by atoms with Crippen LogP contribution in [-0.2, 0) is 6.54 Å². The fourth-order valence-corrected chi connectivity index (χ4v) is 2.59. The molecule has 0 aliphatic rings. The maximum absolute atomic E-state index is 12.1. The zero-order valence-electron chi connectivity index (χ0n) is 12.2. The van der Waals surface area contributed by atoms with Crippen LogP contribution < -0.4 is 5.32 Å². The lowest BCUT2D eigenvalue weighted by molar-refractivity contribution is 0.0701. The molecule has 1 aromatic heterocycles. The van der Waals surface area contributed by atoms with Gasteiger partial charge in [-0.15, -0.1) is 11.3 Å². The van der Waals surface area contributed by atoms with Crippen LogP contribution in [0.4, 0.5) is 4.79 Å². The number of thiazole rings is 1. The number of nitriles is 1. The predicted molar refractivity (Wildman–Crippen MR) is 78.1 cm³/mol. The zero-order chi connectivity index (χ0) is 16.0. The molecular formula is C13H18N4O3S. The Labute approximate surface area is 127 Å². The van der Waals surface area contributed by atoms with E-state index < -0.39 is 5.97 Å². The maximum Gasteiger partial charge on any atom is 0.347 e. The monoisotopic (exact) mass is 310 g/mol. The SMILES string of the molecule is Cc1nc(CNC(=O)N(CCC#N)C(C)C)sc1C(=O)O. The minimum absolute atomic E-state index is 0.0223. The van der Waals surface area contributed by atoms with Gasteiger partial charge in [-0.3, -0.25) is 0 Å². The lowest BCUT2D eigenvalue weighted by Crippen LogP contribution is -2.44.